The lowest BCUT2D eigenvalue weighted by molar-refractivity contribution is 0.234. The summed E-state index contributed by atoms with van der Waals surface area (Å²) in [6.45, 7) is 4.41. The Kier molecular flexibility index (Phi) is 14.0. The third kappa shape index (κ3) is 16.0. The van der Waals surface area contributed by atoms with Crippen LogP contribution in [0, 0.1) is 5.92 Å². The van der Waals surface area contributed by atoms with E-state index in [4.69, 9.17) is 4.55 Å². The molecule has 0 aromatic heterocycles. The van der Waals surface area contributed by atoms with Crippen LogP contribution in [0.15, 0.2) is 12.2 Å². The average Bonchev–Trinajstić information content (AvgIpc) is 2.46. The summed E-state index contributed by atoms with van der Waals surface area (Å²) in [5.74, 6) is 0.0643. The Bertz CT molecular complexity index is 363. The van der Waals surface area contributed by atoms with Crippen molar-refractivity contribution in [1.29, 1.82) is 0 Å². The zero-order chi connectivity index (χ0) is 16.7. The van der Waals surface area contributed by atoms with Gasteiger partial charge in [-0.3, -0.25) is 4.55 Å². The zero-order valence-electron chi connectivity index (χ0n) is 14.3. The van der Waals surface area contributed by atoms with E-state index < -0.39 is 10.4 Å². The smallest absolute Gasteiger partial charge is 0.264 e. The first-order valence-electron chi connectivity index (χ1n) is 8.78. The first kappa shape index (κ1) is 21.6. The molecule has 1 N–H and O–H groups in total. The van der Waals surface area contributed by atoms with Gasteiger partial charge in [-0.2, -0.15) is 8.42 Å². The summed E-state index contributed by atoms with van der Waals surface area (Å²) in [7, 11) is -4.33. The summed E-state index contributed by atoms with van der Waals surface area (Å²) in [6.07, 6.45) is 17.0. The minimum atomic E-state index is -4.33. The Morgan fingerprint density at radius 2 is 1.55 bits per heavy atom. The van der Waals surface area contributed by atoms with Gasteiger partial charge in [-0.15, -0.1) is 0 Å². The Balaban J connectivity index is 4.03. The molecule has 0 amide bonds. The molecule has 0 rings (SSSR count). The molecule has 22 heavy (non-hydrogen) atoms. The maximum absolute atomic E-state index is 10.7. The van der Waals surface area contributed by atoms with Crippen molar-refractivity contribution in [2.24, 2.45) is 5.92 Å². The van der Waals surface area contributed by atoms with E-state index in [0.29, 0.717) is 0 Å². The molecule has 0 fully saturated rings. The molecule has 0 aliphatic heterocycles. The summed E-state index contributed by atoms with van der Waals surface area (Å²) in [5.41, 5.74) is 0. The second-order valence-electron chi connectivity index (χ2n) is 5.95. The van der Waals surface area contributed by atoms with Gasteiger partial charge < -0.3 is 0 Å². The number of hydrogen-bond donors (Lipinski definition) is 1. The van der Waals surface area contributed by atoms with Gasteiger partial charge in [0.15, 0.2) is 0 Å². The molecule has 0 aliphatic carbocycles. The van der Waals surface area contributed by atoms with Gasteiger partial charge in [0.25, 0.3) is 0 Å². The molecular weight excluding hydrogens is 300 g/mol. The Labute approximate surface area is 137 Å². The SMILES string of the molecule is CCCCCCC/C=C/C(CCCCCC)COS(=O)(=O)O. The Morgan fingerprint density at radius 3 is 2.14 bits per heavy atom. The topological polar surface area (TPSA) is 63.6 Å². The second kappa shape index (κ2) is 14.2. The molecular formula is C17H34O4S. The quantitative estimate of drug-likeness (QED) is 0.250. The van der Waals surface area contributed by atoms with Crippen LogP contribution in [-0.2, 0) is 14.6 Å². The van der Waals surface area contributed by atoms with Crippen LogP contribution in [0.2, 0.25) is 0 Å². The van der Waals surface area contributed by atoms with Crippen LogP contribution >= 0.6 is 0 Å². The molecule has 4 nitrogen and oxygen atoms in total. The monoisotopic (exact) mass is 334 g/mol. The Morgan fingerprint density at radius 1 is 0.955 bits per heavy atom. The van der Waals surface area contributed by atoms with Crippen LogP contribution in [0.5, 0.6) is 0 Å². The number of unbranched alkanes of at least 4 members (excludes halogenated alkanes) is 8. The molecule has 0 bridgehead atoms. The van der Waals surface area contributed by atoms with Crippen LogP contribution in [-0.4, -0.2) is 19.6 Å². The van der Waals surface area contributed by atoms with Crippen LogP contribution in [0.1, 0.15) is 84.5 Å². The molecule has 1 atom stereocenters. The van der Waals surface area contributed by atoms with Crippen molar-refractivity contribution in [2.75, 3.05) is 6.61 Å². The fraction of sp³-hybridized carbons (Fsp3) is 0.882. The van der Waals surface area contributed by atoms with Crippen molar-refractivity contribution in [3.63, 3.8) is 0 Å². The molecule has 0 aromatic carbocycles. The van der Waals surface area contributed by atoms with Crippen molar-refractivity contribution in [3.8, 4) is 0 Å². The van der Waals surface area contributed by atoms with Gasteiger partial charge in [0, 0.05) is 5.92 Å². The molecule has 0 saturated heterocycles. The fourth-order valence-electron chi connectivity index (χ4n) is 2.40. The highest BCUT2D eigenvalue weighted by molar-refractivity contribution is 7.80. The standard InChI is InChI=1S/C17H34O4S/c1-3-5-7-9-10-11-13-15-17(14-12-8-6-4-2)16-21-22(18,19)20/h13,15,17H,3-12,14,16H2,1-2H3,(H,18,19,20)/b15-13+. The van der Waals surface area contributed by atoms with Crippen molar-refractivity contribution in [3.05, 3.63) is 12.2 Å². The maximum Gasteiger partial charge on any atom is 0.397 e. The first-order chi connectivity index (χ1) is 10.5. The van der Waals surface area contributed by atoms with Crippen LogP contribution in [0.3, 0.4) is 0 Å². The number of rotatable bonds is 15. The summed E-state index contributed by atoms with van der Waals surface area (Å²) in [6, 6.07) is 0. The van der Waals surface area contributed by atoms with Crippen LogP contribution < -0.4 is 0 Å². The van der Waals surface area contributed by atoms with Crippen molar-refractivity contribution < 1.29 is 17.2 Å². The summed E-state index contributed by atoms with van der Waals surface area (Å²) >= 11 is 0. The van der Waals surface area contributed by atoms with Gasteiger partial charge >= 0.3 is 10.4 Å². The van der Waals surface area contributed by atoms with E-state index >= 15 is 0 Å². The minimum Gasteiger partial charge on any atom is -0.264 e. The molecule has 0 heterocycles. The molecule has 0 aromatic rings. The van der Waals surface area contributed by atoms with Crippen LogP contribution in [0.4, 0.5) is 0 Å². The van der Waals surface area contributed by atoms with Crippen molar-refractivity contribution in [1.82, 2.24) is 0 Å². The van der Waals surface area contributed by atoms with E-state index in [0.717, 1.165) is 25.7 Å². The number of hydrogen-bond acceptors (Lipinski definition) is 3. The molecule has 132 valence electrons. The minimum absolute atomic E-state index is 0.0390. The van der Waals surface area contributed by atoms with E-state index in [1.54, 1.807) is 0 Å². The highest BCUT2D eigenvalue weighted by Crippen LogP contribution is 2.15. The number of allylic oxidation sites excluding steroid dienone is 1. The summed E-state index contributed by atoms with van der Waals surface area (Å²) in [4.78, 5) is 0. The summed E-state index contributed by atoms with van der Waals surface area (Å²) < 4.78 is 34.6. The predicted molar refractivity (Wildman–Crippen MR) is 92.3 cm³/mol. The van der Waals surface area contributed by atoms with Crippen molar-refractivity contribution in [2.45, 2.75) is 84.5 Å². The van der Waals surface area contributed by atoms with Gasteiger partial charge in [0.05, 0.1) is 6.61 Å². The normalized spacial score (nSPS) is 13.8. The molecule has 0 spiro atoms. The summed E-state index contributed by atoms with van der Waals surface area (Å²) in [5, 5.41) is 0. The highest BCUT2D eigenvalue weighted by atomic mass is 32.3. The molecule has 5 heteroatoms. The zero-order valence-corrected chi connectivity index (χ0v) is 15.1. The highest BCUT2D eigenvalue weighted by Gasteiger charge is 2.11. The van der Waals surface area contributed by atoms with Crippen molar-refractivity contribution >= 4 is 10.4 Å². The molecule has 0 aliphatic rings. The first-order valence-corrected chi connectivity index (χ1v) is 10.1. The second-order valence-corrected chi connectivity index (χ2v) is 7.04. The van der Waals surface area contributed by atoms with Gasteiger partial charge in [-0.1, -0.05) is 77.4 Å². The van der Waals surface area contributed by atoms with Gasteiger partial charge in [-0.05, 0) is 19.3 Å². The predicted octanol–water partition coefficient (Wildman–Crippen LogP) is 5.31. The van der Waals surface area contributed by atoms with Gasteiger partial charge in [-0.25, -0.2) is 4.18 Å². The third-order valence-corrected chi connectivity index (χ3v) is 4.18. The van der Waals surface area contributed by atoms with E-state index in [1.165, 1.54) is 44.9 Å². The maximum atomic E-state index is 10.7. The molecule has 1 unspecified atom stereocenters. The lowest BCUT2D eigenvalue weighted by Crippen LogP contribution is -2.12. The van der Waals surface area contributed by atoms with E-state index in [9.17, 15) is 8.42 Å². The third-order valence-electron chi connectivity index (χ3n) is 3.74. The average molecular weight is 335 g/mol. The van der Waals surface area contributed by atoms with E-state index in [-0.39, 0.29) is 12.5 Å². The van der Waals surface area contributed by atoms with Gasteiger partial charge in [0.2, 0.25) is 0 Å². The molecule has 0 saturated carbocycles. The lowest BCUT2D eigenvalue weighted by Gasteiger charge is -2.11. The van der Waals surface area contributed by atoms with Crippen LogP contribution in [0.25, 0.3) is 0 Å². The lowest BCUT2D eigenvalue weighted by atomic mass is 10.0. The van der Waals surface area contributed by atoms with E-state index in [2.05, 4.69) is 30.2 Å². The Hall–Kier alpha value is -0.390. The van der Waals surface area contributed by atoms with E-state index in [1.807, 2.05) is 0 Å². The molecule has 0 radical (unpaired) electrons. The fourth-order valence-corrected chi connectivity index (χ4v) is 2.74. The largest absolute Gasteiger partial charge is 0.397 e. The van der Waals surface area contributed by atoms with Gasteiger partial charge in [0.1, 0.15) is 0 Å².